The molecule has 78 valence electrons. The van der Waals surface area contributed by atoms with Gasteiger partial charge in [0, 0.05) is 16.2 Å². The summed E-state index contributed by atoms with van der Waals surface area (Å²) in [4.78, 5) is 0.391. The van der Waals surface area contributed by atoms with Gasteiger partial charge in [-0.25, -0.2) is 0 Å². The van der Waals surface area contributed by atoms with Crippen LogP contribution in [0.4, 0.5) is 0 Å². The van der Waals surface area contributed by atoms with E-state index in [1.54, 1.807) is 0 Å². The number of rotatable bonds is 5. The van der Waals surface area contributed by atoms with Gasteiger partial charge in [0.2, 0.25) is 0 Å². The van der Waals surface area contributed by atoms with E-state index in [9.17, 15) is 0 Å². The van der Waals surface area contributed by atoms with Gasteiger partial charge in [-0.05, 0) is 18.4 Å². The van der Waals surface area contributed by atoms with Gasteiger partial charge < -0.3 is 5.73 Å². The lowest BCUT2D eigenvalue weighted by Gasteiger charge is -2.15. The predicted molar refractivity (Wildman–Crippen MR) is 69.2 cm³/mol. The molecule has 1 aromatic rings. The Kier molecular flexibility index (Phi) is 5.75. The molecule has 0 bridgehead atoms. The number of nitrogens with two attached hydrogens (primary N) is 1. The Morgan fingerprint density at radius 2 is 1.86 bits per heavy atom. The number of hydrogen-bond acceptors (Lipinski definition) is 1. The van der Waals surface area contributed by atoms with Crippen LogP contribution in [0.5, 0.6) is 0 Å². The van der Waals surface area contributed by atoms with Crippen LogP contribution in [-0.2, 0) is 6.42 Å². The van der Waals surface area contributed by atoms with E-state index < -0.39 is 0 Å². The molecule has 0 saturated heterocycles. The summed E-state index contributed by atoms with van der Waals surface area (Å²) in [5, 5.41) is 0.845. The van der Waals surface area contributed by atoms with E-state index in [1.807, 2.05) is 6.07 Å². The van der Waals surface area contributed by atoms with Gasteiger partial charge in [-0.2, -0.15) is 0 Å². The predicted octanol–water partition coefficient (Wildman–Crippen LogP) is 3.10. The van der Waals surface area contributed by atoms with E-state index in [-0.39, 0.29) is 6.04 Å². The first kappa shape index (κ1) is 12.2. The molecule has 0 aliphatic heterocycles. The summed E-state index contributed by atoms with van der Waals surface area (Å²) in [5.74, 6) is 0. The van der Waals surface area contributed by atoms with Crippen molar-refractivity contribution in [1.29, 1.82) is 0 Å². The van der Waals surface area contributed by atoms with Gasteiger partial charge in [-0.3, -0.25) is 0 Å². The van der Waals surface area contributed by atoms with Crippen LogP contribution in [0, 0.1) is 0 Å². The number of alkyl halides is 2. The molecule has 0 amide bonds. The molecule has 1 aromatic carbocycles. The minimum atomic E-state index is 0.193. The van der Waals surface area contributed by atoms with Crippen LogP contribution >= 0.6 is 31.9 Å². The van der Waals surface area contributed by atoms with Crippen molar-refractivity contribution in [1.82, 2.24) is 0 Å². The Morgan fingerprint density at radius 1 is 1.21 bits per heavy atom. The monoisotopic (exact) mass is 319 g/mol. The lowest BCUT2D eigenvalue weighted by molar-refractivity contribution is 0.660. The summed E-state index contributed by atoms with van der Waals surface area (Å²) in [7, 11) is 0. The number of aryl methyl sites for hydroxylation is 1. The van der Waals surface area contributed by atoms with Crippen molar-refractivity contribution >= 4 is 31.9 Å². The number of hydrogen-bond donors (Lipinski definition) is 1. The molecule has 0 aliphatic carbocycles. The SMILES string of the molecule is NC(CBr)C(Br)CCc1ccccc1. The van der Waals surface area contributed by atoms with Crippen molar-refractivity contribution in [3.63, 3.8) is 0 Å². The second-order valence-corrected chi connectivity index (χ2v) is 5.18. The second-order valence-electron chi connectivity index (χ2n) is 3.36. The first-order chi connectivity index (χ1) is 6.74. The third-order valence-electron chi connectivity index (χ3n) is 2.19. The summed E-state index contributed by atoms with van der Waals surface area (Å²) >= 11 is 6.99. The van der Waals surface area contributed by atoms with Crippen LogP contribution < -0.4 is 5.73 Å². The Hall–Kier alpha value is 0.140. The Morgan fingerprint density at radius 3 is 2.43 bits per heavy atom. The van der Waals surface area contributed by atoms with Gasteiger partial charge in [0.15, 0.2) is 0 Å². The molecular weight excluding hydrogens is 306 g/mol. The summed E-state index contributed by atoms with van der Waals surface area (Å²) < 4.78 is 0. The van der Waals surface area contributed by atoms with Crippen LogP contribution in [0.1, 0.15) is 12.0 Å². The maximum absolute atomic E-state index is 5.89. The van der Waals surface area contributed by atoms with Crippen LogP contribution in [0.25, 0.3) is 0 Å². The van der Waals surface area contributed by atoms with Crippen molar-refractivity contribution in [2.75, 3.05) is 5.33 Å². The molecule has 2 atom stereocenters. The minimum absolute atomic E-state index is 0.193. The Bertz CT molecular complexity index is 251. The van der Waals surface area contributed by atoms with Gasteiger partial charge in [0.1, 0.15) is 0 Å². The topological polar surface area (TPSA) is 26.0 Å². The van der Waals surface area contributed by atoms with E-state index in [0.29, 0.717) is 4.83 Å². The molecule has 0 radical (unpaired) electrons. The van der Waals surface area contributed by atoms with E-state index >= 15 is 0 Å². The minimum Gasteiger partial charge on any atom is -0.326 e. The smallest absolute Gasteiger partial charge is 0.0308 e. The highest BCUT2D eigenvalue weighted by molar-refractivity contribution is 9.10. The fraction of sp³-hybridized carbons (Fsp3) is 0.455. The third-order valence-corrected chi connectivity index (χ3v) is 4.08. The molecule has 3 heteroatoms. The normalized spacial score (nSPS) is 15.1. The summed E-state index contributed by atoms with van der Waals surface area (Å²) in [5.41, 5.74) is 7.26. The zero-order valence-electron chi connectivity index (χ0n) is 8.00. The van der Waals surface area contributed by atoms with E-state index in [4.69, 9.17) is 5.73 Å². The van der Waals surface area contributed by atoms with Crippen LogP contribution in [0.15, 0.2) is 30.3 Å². The fourth-order valence-electron chi connectivity index (χ4n) is 1.26. The molecule has 1 nitrogen and oxygen atoms in total. The lowest BCUT2D eigenvalue weighted by Crippen LogP contribution is -2.32. The molecule has 0 aliphatic rings. The first-order valence-electron chi connectivity index (χ1n) is 4.73. The average molecular weight is 321 g/mol. The van der Waals surface area contributed by atoms with Gasteiger partial charge in [0.25, 0.3) is 0 Å². The zero-order chi connectivity index (χ0) is 10.4. The van der Waals surface area contributed by atoms with Crippen molar-refractivity contribution in [2.45, 2.75) is 23.7 Å². The molecule has 0 aromatic heterocycles. The van der Waals surface area contributed by atoms with Crippen LogP contribution in [0.3, 0.4) is 0 Å². The maximum Gasteiger partial charge on any atom is 0.0308 e. The van der Waals surface area contributed by atoms with Gasteiger partial charge in [0.05, 0.1) is 0 Å². The van der Waals surface area contributed by atoms with Gasteiger partial charge in [-0.15, -0.1) is 0 Å². The standard InChI is InChI=1S/C11H15Br2N/c12-8-11(14)10(13)7-6-9-4-2-1-3-5-9/h1-5,10-11H,6-8,14H2. The molecule has 0 saturated carbocycles. The lowest BCUT2D eigenvalue weighted by atomic mass is 10.1. The highest BCUT2D eigenvalue weighted by atomic mass is 79.9. The number of benzene rings is 1. The molecule has 2 unspecified atom stereocenters. The maximum atomic E-state index is 5.89. The fourth-order valence-corrected chi connectivity index (χ4v) is 2.63. The van der Waals surface area contributed by atoms with Crippen molar-refractivity contribution in [3.05, 3.63) is 35.9 Å². The second kappa shape index (κ2) is 6.59. The number of halogens is 2. The Balaban J connectivity index is 2.34. The molecule has 1 rings (SSSR count). The van der Waals surface area contributed by atoms with E-state index in [1.165, 1.54) is 5.56 Å². The summed E-state index contributed by atoms with van der Waals surface area (Å²) in [6.45, 7) is 0. The van der Waals surface area contributed by atoms with Crippen molar-refractivity contribution in [2.24, 2.45) is 5.73 Å². The van der Waals surface area contributed by atoms with Crippen LogP contribution in [-0.4, -0.2) is 16.2 Å². The highest BCUT2D eigenvalue weighted by Crippen LogP contribution is 2.14. The molecule has 0 spiro atoms. The Labute approximate surface area is 102 Å². The third kappa shape index (κ3) is 4.11. The molecule has 14 heavy (non-hydrogen) atoms. The average Bonchev–Trinajstić information content (AvgIpc) is 2.26. The molecule has 0 fully saturated rings. The largest absolute Gasteiger partial charge is 0.326 e. The molecular formula is C11H15Br2N. The van der Waals surface area contributed by atoms with Crippen LogP contribution in [0.2, 0.25) is 0 Å². The zero-order valence-corrected chi connectivity index (χ0v) is 11.2. The van der Waals surface area contributed by atoms with Crippen molar-refractivity contribution < 1.29 is 0 Å². The molecule has 2 N–H and O–H groups in total. The van der Waals surface area contributed by atoms with E-state index in [0.717, 1.165) is 18.2 Å². The van der Waals surface area contributed by atoms with E-state index in [2.05, 4.69) is 56.1 Å². The summed E-state index contributed by atoms with van der Waals surface area (Å²) in [6, 6.07) is 10.7. The quantitative estimate of drug-likeness (QED) is 0.829. The highest BCUT2D eigenvalue weighted by Gasteiger charge is 2.12. The van der Waals surface area contributed by atoms with Crippen molar-refractivity contribution in [3.8, 4) is 0 Å². The summed E-state index contributed by atoms with van der Waals surface area (Å²) in [6.07, 6.45) is 2.16. The first-order valence-corrected chi connectivity index (χ1v) is 6.77. The van der Waals surface area contributed by atoms with Gasteiger partial charge >= 0.3 is 0 Å². The molecule has 0 heterocycles. The van der Waals surface area contributed by atoms with Gasteiger partial charge in [-0.1, -0.05) is 62.2 Å².